The van der Waals surface area contributed by atoms with Crippen LogP contribution in [0.2, 0.25) is 0 Å². The number of rotatable bonds is 6. The van der Waals surface area contributed by atoms with Crippen LogP contribution in [0.5, 0.6) is 11.5 Å². The number of para-hydroxylation sites is 1. The number of nitriles is 1. The molecule has 0 bridgehead atoms. The highest BCUT2D eigenvalue weighted by Gasteiger charge is 2.18. The minimum absolute atomic E-state index is 0.165. The van der Waals surface area contributed by atoms with E-state index in [0.29, 0.717) is 33.0 Å². The quantitative estimate of drug-likeness (QED) is 0.426. The normalized spacial score (nSPS) is 12.0. The van der Waals surface area contributed by atoms with Crippen LogP contribution >= 0.6 is 11.3 Å². The van der Waals surface area contributed by atoms with Crippen LogP contribution in [-0.2, 0) is 4.79 Å². The molecule has 4 rings (SSSR count). The monoisotopic (exact) mass is 511 g/mol. The van der Waals surface area contributed by atoms with Gasteiger partial charge in [0.15, 0.2) is 17.1 Å². The number of amides is 1. The van der Waals surface area contributed by atoms with E-state index >= 15 is 0 Å². The number of methoxy groups -OCH3 is 2. The molecule has 37 heavy (non-hydrogen) atoms. The van der Waals surface area contributed by atoms with Crippen LogP contribution in [0.15, 0.2) is 71.5 Å². The fourth-order valence-electron chi connectivity index (χ4n) is 3.86. The number of benzene rings is 3. The summed E-state index contributed by atoms with van der Waals surface area (Å²) in [5.74, 6) is 0.400. The standard InChI is InChI=1S/C29H25N3O4S/c1-18-11-13-22(14-12-18)32-28(34)25(16-20-8-6-10-24(35-3)26(20)36-4)37-29(32)23(17-30)27(33)31-21-9-5-7-19(2)15-21/h5-16H,1-4H3,(H,31,33)/b25-16+,29-23+. The number of nitrogens with zero attached hydrogens (tertiary/aromatic N) is 2. The molecule has 0 spiro atoms. The first-order valence-corrected chi connectivity index (χ1v) is 12.2. The molecule has 186 valence electrons. The second-order valence-corrected chi connectivity index (χ2v) is 9.32. The largest absolute Gasteiger partial charge is 0.493 e. The lowest BCUT2D eigenvalue weighted by atomic mass is 10.2. The summed E-state index contributed by atoms with van der Waals surface area (Å²) in [6, 6.07) is 22.0. The number of ether oxygens (including phenoxy) is 2. The number of carbonyl (C=O) groups excluding carboxylic acids is 1. The minimum Gasteiger partial charge on any atom is -0.493 e. The van der Waals surface area contributed by atoms with E-state index < -0.39 is 5.91 Å². The maximum Gasteiger partial charge on any atom is 0.273 e. The first kappa shape index (κ1) is 25.5. The molecule has 0 aliphatic heterocycles. The second kappa shape index (κ2) is 11.0. The molecule has 7 nitrogen and oxygen atoms in total. The fraction of sp³-hybridized carbons (Fsp3) is 0.138. The van der Waals surface area contributed by atoms with Crippen molar-refractivity contribution in [3.05, 3.63) is 103 Å². The summed E-state index contributed by atoms with van der Waals surface area (Å²) in [6.07, 6.45) is 1.68. The van der Waals surface area contributed by atoms with Crippen molar-refractivity contribution < 1.29 is 14.3 Å². The maximum absolute atomic E-state index is 13.7. The number of hydrogen-bond donors (Lipinski definition) is 1. The van der Waals surface area contributed by atoms with Crippen molar-refractivity contribution in [2.24, 2.45) is 0 Å². The van der Waals surface area contributed by atoms with E-state index in [9.17, 15) is 14.9 Å². The Bertz CT molecular complexity index is 1690. The highest BCUT2D eigenvalue weighted by atomic mass is 32.1. The average molecular weight is 512 g/mol. The molecule has 0 radical (unpaired) electrons. The first-order valence-electron chi connectivity index (χ1n) is 11.4. The number of hydrogen-bond acceptors (Lipinski definition) is 6. The second-order valence-electron chi connectivity index (χ2n) is 8.29. The van der Waals surface area contributed by atoms with E-state index in [1.54, 1.807) is 42.5 Å². The molecule has 0 unspecified atom stereocenters. The Balaban J connectivity index is 1.99. The summed E-state index contributed by atoms with van der Waals surface area (Å²) in [6.45, 7) is 3.85. The third kappa shape index (κ3) is 5.32. The number of thiazole rings is 1. The molecule has 8 heteroatoms. The molecule has 1 N–H and O–H groups in total. The van der Waals surface area contributed by atoms with Crippen molar-refractivity contribution in [2.75, 3.05) is 19.5 Å². The van der Waals surface area contributed by atoms with Gasteiger partial charge in [-0.3, -0.25) is 14.2 Å². The molecule has 0 saturated carbocycles. The molecular formula is C29H25N3O4S. The molecule has 0 atom stereocenters. The van der Waals surface area contributed by atoms with Gasteiger partial charge in [0.25, 0.3) is 11.5 Å². The Morgan fingerprint density at radius 1 is 1.00 bits per heavy atom. The Morgan fingerprint density at radius 3 is 2.38 bits per heavy atom. The summed E-state index contributed by atoms with van der Waals surface area (Å²) < 4.78 is 12.9. The molecule has 4 aromatic rings. The van der Waals surface area contributed by atoms with Crippen LogP contribution in [0, 0.1) is 25.2 Å². The van der Waals surface area contributed by atoms with E-state index in [1.165, 1.54) is 18.8 Å². The lowest BCUT2D eigenvalue weighted by Crippen LogP contribution is -2.32. The Kier molecular flexibility index (Phi) is 7.56. The molecule has 1 heterocycles. The SMILES string of the molecule is COc1cccc(/C=c2/s/c(=C(\C#N)C(=O)Nc3cccc(C)c3)n(-c3ccc(C)cc3)c2=O)c1OC. The fourth-order valence-corrected chi connectivity index (χ4v) is 4.95. The zero-order chi connectivity index (χ0) is 26.5. The smallest absolute Gasteiger partial charge is 0.273 e. The van der Waals surface area contributed by atoms with Gasteiger partial charge in [-0.25, -0.2) is 0 Å². The number of nitrogens with one attached hydrogen (secondary N) is 1. The number of aryl methyl sites for hydroxylation is 2. The van der Waals surface area contributed by atoms with E-state index in [1.807, 2.05) is 50.2 Å². The predicted molar refractivity (Wildman–Crippen MR) is 146 cm³/mol. The van der Waals surface area contributed by atoms with Crippen molar-refractivity contribution in [1.29, 1.82) is 5.26 Å². The summed E-state index contributed by atoms with van der Waals surface area (Å²) in [4.78, 5) is 26.9. The van der Waals surface area contributed by atoms with Crippen LogP contribution in [-0.4, -0.2) is 24.7 Å². The lowest BCUT2D eigenvalue weighted by Gasteiger charge is -2.09. The molecule has 0 aliphatic rings. The van der Waals surface area contributed by atoms with E-state index in [2.05, 4.69) is 5.32 Å². The summed E-state index contributed by atoms with van der Waals surface area (Å²) in [5, 5.41) is 12.8. The molecular weight excluding hydrogens is 486 g/mol. The Morgan fingerprint density at radius 2 is 1.73 bits per heavy atom. The Hall–Kier alpha value is -4.61. The van der Waals surface area contributed by atoms with Crippen LogP contribution in [0.25, 0.3) is 17.3 Å². The third-order valence-electron chi connectivity index (χ3n) is 5.66. The molecule has 1 amide bonds. The van der Waals surface area contributed by atoms with Gasteiger partial charge in [-0.1, -0.05) is 42.0 Å². The van der Waals surface area contributed by atoms with Gasteiger partial charge >= 0.3 is 0 Å². The number of carbonyl (C=O) groups is 1. The summed E-state index contributed by atoms with van der Waals surface area (Å²) in [7, 11) is 3.06. The van der Waals surface area contributed by atoms with Crippen molar-refractivity contribution in [3.63, 3.8) is 0 Å². The first-order chi connectivity index (χ1) is 17.9. The van der Waals surface area contributed by atoms with Crippen molar-refractivity contribution >= 4 is 34.6 Å². The third-order valence-corrected chi connectivity index (χ3v) is 6.76. The van der Waals surface area contributed by atoms with Gasteiger partial charge in [0, 0.05) is 11.3 Å². The zero-order valence-electron chi connectivity index (χ0n) is 20.9. The molecule has 3 aromatic carbocycles. The predicted octanol–water partition coefficient (Wildman–Crippen LogP) is 3.67. The van der Waals surface area contributed by atoms with Gasteiger partial charge in [-0.05, 0) is 55.8 Å². The summed E-state index contributed by atoms with van der Waals surface area (Å²) >= 11 is 1.07. The number of anilines is 1. The van der Waals surface area contributed by atoms with E-state index in [4.69, 9.17) is 9.47 Å². The van der Waals surface area contributed by atoms with E-state index in [-0.39, 0.29) is 15.8 Å². The zero-order valence-corrected chi connectivity index (χ0v) is 21.7. The molecule has 0 fully saturated rings. The summed E-state index contributed by atoms with van der Waals surface area (Å²) in [5.41, 5.74) is 3.20. The van der Waals surface area contributed by atoms with Gasteiger partial charge in [-0.2, -0.15) is 5.26 Å². The van der Waals surface area contributed by atoms with Gasteiger partial charge in [0.1, 0.15) is 10.7 Å². The van der Waals surface area contributed by atoms with Crippen molar-refractivity contribution in [3.8, 4) is 23.3 Å². The molecule has 1 aromatic heterocycles. The van der Waals surface area contributed by atoms with E-state index in [0.717, 1.165) is 22.5 Å². The van der Waals surface area contributed by atoms with Crippen LogP contribution < -0.4 is 29.5 Å². The average Bonchev–Trinajstić information content (AvgIpc) is 3.20. The highest BCUT2D eigenvalue weighted by molar-refractivity contribution is 7.07. The van der Waals surface area contributed by atoms with Gasteiger partial charge in [-0.15, -0.1) is 11.3 Å². The van der Waals surface area contributed by atoms with Crippen LogP contribution in [0.3, 0.4) is 0 Å². The van der Waals surface area contributed by atoms with Gasteiger partial charge in [0.05, 0.1) is 24.4 Å². The van der Waals surface area contributed by atoms with Crippen molar-refractivity contribution in [1.82, 2.24) is 4.57 Å². The molecule has 0 saturated heterocycles. The van der Waals surface area contributed by atoms with Crippen molar-refractivity contribution in [2.45, 2.75) is 13.8 Å². The molecule has 0 aliphatic carbocycles. The van der Waals surface area contributed by atoms with Crippen LogP contribution in [0.1, 0.15) is 16.7 Å². The highest BCUT2D eigenvalue weighted by Crippen LogP contribution is 2.31. The number of aromatic nitrogens is 1. The van der Waals surface area contributed by atoms with Gasteiger partial charge in [0.2, 0.25) is 0 Å². The topological polar surface area (TPSA) is 93.4 Å². The lowest BCUT2D eigenvalue weighted by molar-refractivity contribution is -0.111. The van der Waals surface area contributed by atoms with Gasteiger partial charge < -0.3 is 14.8 Å². The minimum atomic E-state index is -0.597. The van der Waals surface area contributed by atoms with Crippen LogP contribution in [0.4, 0.5) is 5.69 Å². The Labute approximate surface area is 218 Å². The maximum atomic E-state index is 13.7.